The van der Waals surface area contributed by atoms with Gasteiger partial charge in [-0.2, -0.15) is 0 Å². The Labute approximate surface area is 155 Å². The normalized spacial score (nSPS) is 10.2. The first-order chi connectivity index (χ1) is 12.5. The Morgan fingerprint density at radius 1 is 1.31 bits per heavy atom. The molecule has 0 aliphatic rings. The Kier molecular flexibility index (Phi) is 7.16. The van der Waals surface area contributed by atoms with E-state index in [0.29, 0.717) is 17.4 Å². The Morgan fingerprint density at radius 3 is 2.81 bits per heavy atom. The van der Waals surface area contributed by atoms with Gasteiger partial charge < -0.3 is 15.6 Å². The molecule has 0 saturated heterocycles. The van der Waals surface area contributed by atoms with E-state index in [1.54, 1.807) is 6.08 Å². The van der Waals surface area contributed by atoms with Crippen molar-refractivity contribution in [1.82, 2.24) is 15.3 Å². The fraction of sp³-hybridized carbons (Fsp3) is 0.222. The van der Waals surface area contributed by atoms with E-state index in [2.05, 4.69) is 27.2 Å². The van der Waals surface area contributed by atoms with Gasteiger partial charge in [-0.3, -0.25) is 14.4 Å². The lowest BCUT2D eigenvalue weighted by atomic mass is 10.2. The molecule has 0 bridgehead atoms. The van der Waals surface area contributed by atoms with E-state index in [-0.39, 0.29) is 29.5 Å². The van der Waals surface area contributed by atoms with Crippen molar-refractivity contribution in [1.29, 1.82) is 0 Å². The average molecular weight is 372 g/mol. The molecule has 0 radical (unpaired) electrons. The molecule has 3 N–H and O–H groups in total. The van der Waals surface area contributed by atoms with Gasteiger partial charge in [-0.05, 0) is 18.6 Å². The summed E-state index contributed by atoms with van der Waals surface area (Å²) in [6.45, 7) is 5.77. The van der Waals surface area contributed by atoms with Crippen LogP contribution in [0.2, 0.25) is 0 Å². The lowest BCUT2D eigenvalue weighted by Crippen LogP contribution is -2.26. The van der Waals surface area contributed by atoms with Crippen molar-refractivity contribution in [3.8, 4) is 0 Å². The molecule has 0 fully saturated rings. The zero-order valence-corrected chi connectivity index (χ0v) is 15.2. The molecule has 1 aromatic carbocycles. The molecule has 0 atom stereocenters. The number of aryl methyl sites for hydroxylation is 1. The fourth-order valence-corrected chi connectivity index (χ4v) is 2.78. The Balaban J connectivity index is 1.95. The van der Waals surface area contributed by atoms with Crippen LogP contribution in [0.3, 0.4) is 0 Å². The number of para-hydroxylation sites is 1. The zero-order valence-electron chi connectivity index (χ0n) is 14.4. The summed E-state index contributed by atoms with van der Waals surface area (Å²) >= 11 is 1.10. The number of hydrogen-bond donors (Lipinski definition) is 3. The summed E-state index contributed by atoms with van der Waals surface area (Å²) in [7, 11) is 0. The maximum absolute atomic E-state index is 12.1. The van der Waals surface area contributed by atoms with E-state index < -0.39 is 0 Å². The van der Waals surface area contributed by atoms with E-state index in [1.807, 2.05) is 31.2 Å². The minimum Gasteiger partial charge on any atom is -0.352 e. The van der Waals surface area contributed by atoms with Crippen molar-refractivity contribution in [2.45, 2.75) is 18.5 Å². The van der Waals surface area contributed by atoms with Gasteiger partial charge in [-0.1, -0.05) is 36.0 Å². The highest BCUT2D eigenvalue weighted by Gasteiger charge is 2.10. The molecule has 136 valence electrons. The standard InChI is InChI=1S/C18H20N4O3S/c1-3-8-19-15(23)9-13-10-16(24)22-18(20-13)26-11-17(25)21-14-7-5-4-6-12(14)2/h3-7,10H,1,8-9,11H2,2H3,(H,19,23)(H,21,25)(H,20,22,24). The van der Waals surface area contributed by atoms with Crippen molar-refractivity contribution in [3.05, 3.63) is 64.6 Å². The van der Waals surface area contributed by atoms with Crippen molar-refractivity contribution in [2.75, 3.05) is 17.6 Å². The van der Waals surface area contributed by atoms with Gasteiger partial charge in [0.2, 0.25) is 11.8 Å². The summed E-state index contributed by atoms with van der Waals surface area (Å²) in [5.41, 5.74) is 1.68. The second kappa shape index (κ2) is 9.57. The van der Waals surface area contributed by atoms with E-state index >= 15 is 0 Å². The Bertz CT molecular complexity index is 864. The number of carbonyl (C=O) groups is 2. The minimum absolute atomic E-state index is 0.0132. The van der Waals surface area contributed by atoms with Gasteiger partial charge in [0.05, 0.1) is 17.9 Å². The number of hydrogen-bond acceptors (Lipinski definition) is 5. The first kappa shape index (κ1) is 19.5. The molecule has 2 amide bonds. The van der Waals surface area contributed by atoms with Crippen molar-refractivity contribution in [3.63, 3.8) is 0 Å². The van der Waals surface area contributed by atoms with E-state index in [1.165, 1.54) is 6.07 Å². The van der Waals surface area contributed by atoms with Crippen molar-refractivity contribution < 1.29 is 9.59 Å². The van der Waals surface area contributed by atoms with Crippen molar-refractivity contribution in [2.24, 2.45) is 0 Å². The van der Waals surface area contributed by atoms with Gasteiger partial charge in [0, 0.05) is 18.3 Å². The number of H-pyrrole nitrogens is 1. The lowest BCUT2D eigenvalue weighted by Gasteiger charge is -2.08. The summed E-state index contributed by atoms with van der Waals surface area (Å²) in [4.78, 5) is 42.3. The number of aromatic nitrogens is 2. The minimum atomic E-state index is -0.367. The third-order valence-corrected chi connectivity index (χ3v) is 4.19. The number of anilines is 1. The molecule has 0 saturated carbocycles. The lowest BCUT2D eigenvalue weighted by molar-refractivity contribution is -0.120. The van der Waals surface area contributed by atoms with Gasteiger partial charge >= 0.3 is 0 Å². The molecule has 0 aliphatic heterocycles. The topological polar surface area (TPSA) is 104 Å². The van der Waals surface area contributed by atoms with Crippen LogP contribution in [0.4, 0.5) is 5.69 Å². The molecular formula is C18H20N4O3S. The highest BCUT2D eigenvalue weighted by Crippen LogP contribution is 2.16. The zero-order chi connectivity index (χ0) is 18.9. The van der Waals surface area contributed by atoms with E-state index in [0.717, 1.165) is 23.0 Å². The molecule has 8 heteroatoms. The SMILES string of the molecule is C=CCNC(=O)Cc1cc(=O)[nH]c(SCC(=O)Nc2ccccc2C)n1. The van der Waals surface area contributed by atoms with Crippen LogP contribution >= 0.6 is 11.8 Å². The molecule has 26 heavy (non-hydrogen) atoms. The van der Waals surface area contributed by atoms with Crippen LogP contribution in [-0.2, 0) is 16.0 Å². The third kappa shape index (κ3) is 6.21. The molecule has 1 aromatic heterocycles. The molecule has 7 nitrogen and oxygen atoms in total. The number of thioether (sulfide) groups is 1. The Hall–Kier alpha value is -2.87. The van der Waals surface area contributed by atoms with Gasteiger partial charge in [-0.25, -0.2) is 4.98 Å². The van der Waals surface area contributed by atoms with Crippen LogP contribution in [0.1, 0.15) is 11.3 Å². The van der Waals surface area contributed by atoms with Crippen molar-refractivity contribution >= 4 is 29.3 Å². The van der Waals surface area contributed by atoms with Crippen LogP contribution in [-0.4, -0.2) is 34.1 Å². The van der Waals surface area contributed by atoms with E-state index in [9.17, 15) is 14.4 Å². The third-order valence-electron chi connectivity index (χ3n) is 3.32. The van der Waals surface area contributed by atoms with Crippen LogP contribution in [0, 0.1) is 6.92 Å². The predicted molar refractivity (Wildman–Crippen MR) is 102 cm³/mol. The van der Waals surface area contributed by atoms with Crippen LogP contribution in [0.15, 0.2) is 52.9 Å². The summed E-state index contributed by atoms with van der Waals surface area (Å²) in [5, 5.41) is 5.73. The maximum atomic E-state index is 12.1. The second-order valence-electron chi connectivity index (χ2n) is 5.46. The molecule has 0 aliphatic carbocycles. The van der Waals surface area contributed by atoms with Gasteiger partial charge in [0.25, 0.3) is 5.56 Å². The number of carbonyl (C=O) groups excluding carboxylic acids is 2. The summed E-state index contributed by atoms with van der Waals surface area (Å²) < 4.78 is 0. The number of nitrogens with one attached hydrogen (secondary N) is 3. The fourth-order valence-electron chi connectivity index (χ4n) is 2.09. The highest BCUT2D eigenvalue weighted by atomic mass is 32.2. The largest absolute Gasteiger partial charge is 0.352 e. The number of benzene rings is 1. The van der Waals surface area contributed by atoms with Crippen LogP contribution < -0.4 is 16.2 Å². The number of nitrogens with zero attached hydrogens (tertiary/aromatic N) is 1. The summed E-state index contributed by atoms with van der Waals surface area (Å²) in [6, 6.07) is 8.73. The van der Waals surface area contributed by atoms with Gasteiger partial charge in [0.1, 0.15) is 0 Å². The molecule has 0 spiro atoms. The first-order valence-corrected chi connectivity index (χ1v) is 8.92. The molecule has 1 heterocycles. The second-order valence-corrected chi connectivity index (χ2v) is 6.43. The van der Waals surface area contributed by atoms with Gasteiger partial charge in [-0.15, -0.1) is 6.58 Å². The summed E-state index contributed by atoms with van der Waals surface area (Å²) in [5.74, 6) is -0.374. The van der Waals surface area contributed by atoms with Gasteiger partial charge in [0.15, 0.2) is 5.16 Å². The number of rotatable bonds is 8. The molecular weight excluding hydrogens is 352 g/mol. The molecule has 2 aromatic rings. The summed E-state index contributed by atoms with van der Waals surface area (Å²) in [6.07, 6.45) is 1.55. The number of aromatic amines is 1. The first-order valence-electron chi connectivity index (χ1n) is 7.94. The quantitative estimate of drug-likeness (QED) is 0.371. The highest BCUT2D eigenvalue weighted by molar-refractivity contribution is 7.99. The monoisotopic (exact) mass is 372 g/mol. The van der Waals surface area contributed by atoms with Crippen LogP contribution in [0.5, 0.6) is 0 Å². The number of amides is 2. The van der Waals surface area contributed by atoms with E-state index in [4.69, 9.17) is 0 Å². The maximum Gasteiger partial charge on any atom is 0.251 e. The Morgan fingerprint density at radius 2 is 2.08 bits per heavy atom. The molecule has 0 unspecified atom stereocenters. The molecule has 2 rings (SSSR count). The van der Waals surface area contributed by atoms with Crippen LogP contribution in [0.25, 0.3) is 0 Å². The predicted octanol–water partition coefficient (Wildman–Crippen LogP) is 1.65. The smallest absolute Gasteiger partial charge is 0.251 e. The average Bonchev–Trinajstić information content (AvgIpc) is 2.60.